The zero-order chi connectivity index (χ0) is 21.7. The first-order valence-corrected chi connectivity index (χ1v) is 9.57. The summed E-state index contributed by atoms with van der Waals surface area (Å²) in [5, 5.41) is 0. The average Bonchev–Trinajstić information content (AvgIpc) is 2.67. The first-order valence-electron chi connectivity index (χ1n) is 9.57. The number of hydrogen-bond acceptors (Lipinski definition) is 6. The summed E-state index contributed by atoms with van der Waals surface area (Å²) in [7, 11) is 2.82. The van der Waals surface area contributed by atoms with Gasteiger partial charge in [0, 0.05) is 31.8 Å². The van der Waals surface area contributed by atoms with Crippen molar-refractivity contribution in [3.8, 4) is 17.2 Å². The van der Waals surface area contributed by atoms with E-state index in [1.165, 1.54) is 37.4 Å². The van der Waals surface area contributed by atoms with E-state index in [-0.39, 0.29) is 34.6 Å². The molecule has 160 valence electrons. The first kappa shape index (κ1) is 21.6. The number of esters is 1. The van der Waals surface area contributed by atoms with E-state index in [1.807, 2.05) is 6.92 Å². The Labute approximate surface area is 174 Å². The van der Waals surface area contributed by atoms with Crippen LogP contribution in [0, 0.1) is 5.82 Å². The Morgan fingerprint density at radius 3 is 2.40 bits per heavy atom. The second-order valence-electron chi connectivity index (χ2n) is 6.96. The smallest absolute Gasteiger partial charge is 0.338 e. The number of halogens is 1. The van der Waals surface area contributed by atoms with E-state index < -0.39 is 11.8 Å². The van der Waals surface area contributed by atoms with Crippen LogP contribution in [0.15, 0.2) is 36.4 Å². The number of hydrogen-bond donors (Lipinski definition) is 0. The third kappa shape index (κ3) is 5.07. The number of benzene rings is 2. The molecule has 1 aliphatic rings. The Morgan fingerprint density at radius 2 is 1.80 bits per heavy atom. The molecular formula is C22H24FNO6. The molecule has 1 heterocycles. The summed E-state index contributed by atoms with van der Waals surface area (Å²) in [5.74, 6) is -1.00. The van der Waals surface area contributed by atoms with Crippen molar-refractivity contribution in [2.75, 3.05) is 33.9 Å². The molecular weight excluding hydrogens is 393 g/mol. The van der Waals surface area contributed by atoms with Crippen LogP contribution < -0.4 is 9.47 Å². The molecule has 2 aromatic rings. The summed E-state index contributed by atoms with van der Waals surface area (Å²) in [4.78, 5) is 25.9. The average molecular weight is 417 g/mol. The van der Waals surface area contributed by atoms with Crippen molar-refractivity contribution in [1.82, 2.24) is 4.90 Å². The van der Waals surface area contributed by atoms with Crippen LogP contribution >= 0.6 is 0 Å². The van der Waals surface area contributed by atoms with Crippen LogP contribution in [0.3, 0.4) is 0 Å². The lowest BCUT2D eigenvalue weighted by atomic mass is 10.1. The predicted octanol–water partition coefficient (Wildman–Crippen LogP) is 3.66. The van der Waals surface area contributed by atoms with Crippen molar-refractivity contribution < 1.29 is 32.9 Å². The summed E-state index contributed by atoms with van der Waals surface area (Å²) >= 11 is 0. The Kier molecular flexibility index (Phi) is 6.89. The van der Waals surface area contributed by atoms with Gasteiger partial charge in [-0.2, -0.15) is 0 Å². The fourth-order valence-corrected chi connectivity index (χ4v) is 2.98. The number of likely N-dealkylation sites (tertiary alicyclic amines) is 1. The lowest BCUT2D eigenvalue weighted by Gasteiger charge is -2.30. The molecule has 8 heteroatoms. The molecule has 7 nitrogen and oxygen atoms in total. The van der Waals surface area contributed by atoms with Gasteiger partial charge in [-0.25, -0.2) is 9.18 Å². The van der Waals surface area contributed by atoms with Crippen LogP contribution in [0.5, 0.6) is 17.2 Å². The molecule has 0 aliphatic carbocycles. The summed E-state index contributed by atoms with van der Waals surface area (Å²) in [5.41, 5.74) is 0.458. The minimum atomic E-state index is -0.680. The second-order valence-corrected chi connectivity index (χ2v) is 6.96. The molecule has 0 saturated carbocycles. The van der Waals surface area contributed by atoms with E-state index in [4.69, 9.17) is 18.9 Å². The Hall–Kier alpha value is -3.13. The molecule has 1 aliphatic heterocycles. The van der Waals surface area contributed by atoms with E-state index in [1.54, 1.807) is 12.0 Å². The second kappa shape index (κ2) is 9.58. The third-order valence-corrected chi connectivity index (χ3v) is 4.59. The van der Waals surface area contributed by atoms with Gasteiger partial charge in [-0.3, -0.25) is 4.79 Å². The fourth-order valence-electron chi connectivity index (χ4n) is 2.98. The van der Waals surface area contributed by atoms with Crippen molar-refractivity contribution in [2.24, 2.45) is 0 Å². The van der Waals surface area contributed by atoms with E-state index in [2.05, 4.69) is 0 Å². The van der Waals surface area contributed by atoms with Gasteiger partial charge < -0.3 is 23.8 Å². The molecule has 0 aromatic heterocycles. The monoisotopic (exact) mass is 417 g/mol. The predicted molar refractivity (Wildman–Crippen MR) is 107 cm³/mol. The van der Waals surface area contributed by atoms with E-state index in [0.717, 1.165) is 12.5 Å². The molecule has 2 aromatic carbocycles. The molecule has 0 N–H and O–H groups in total. The summed E-state index contributed by atoms with van der Waals surface area (Å²) < 4.78 is 35.8. The standard InChI is InChI=1S/C22H24FNO6/c1-14(13-27-2)29-17-9-16(22(26)28-3)10-18(12-17)30-20-6-5-15(11-19(20)23)21(25)24-7-4-8-24/h5-6,9-12,14H,4,7-8,13H2,1-3H3/t14-/m0/s1. The van der Waals surface area contributed by atoms with Gasteiger partial charge in [0.2, 0.25) is 0 Å². The SMILES string of the molecule is COC[C@H](C)Oc1cc(Oc2ccc(C(=O)N3CCC3)cc2F)cc(C(=O)OC)c1. The molecule has 1 fully saturated rings. The van der Waals surface area contributed by atoms with Gasteiger partial charge in [0.15, 0.2) is 11.6 Å². The van der Waals surface area contributed by atoms with Gasteiger partial charge >= 0.3 is 5.97 Å². The minimum Gasteiger partial charge on any atom is -0.488 e. The van der Waals surface area contributed by atoms with Crippen molar-refractivity contribution in [2.45, 2.75) is 19.4 Å². The molecule has 30 heavy (non-hydrogen) atoms. The maximum atomic E-state index is 14.6. The van der Waals surface area contributed by atoms with Gasteiger partial charge in [0.1, 0.15) is 17.6 Å². The summed E-state index contributed by atoms with van der Waals surface area (Å²) in [6, 6.07) is 8.53. The van der Waals surface area contributed by atoms with Gasteiger partial charge in [-0.15, -0.1) is 0 Å². The van der Waals surface area contributed by atoms with Gasteiger partial charge in [0.05, 0.1) is 19.3 Å². The Balaban J connectivity index is 1.83. The van der Waals surface area contributed by atoms with Crippen LogP contribution in [-0.2, 0) is 9.47 Å². The Morgan fingerprint density at radius 1 is 1.07 bits per heavy atom. The van der Waals surface area contributed by atoms with Crippen molar-refractivity contribution in [1.29, 1.82) is 0 Å². The number of carbonyl (C=O) groups is 2. The molecule has 0 unspecified atom stereocenters. The topological polar surface area (TPSA) is 74.3 Å². The van der Waals surface area contributed by atoms with Crippen molar-refractivity contribution in [3.63, 3.8) is 0 Å². The Bertz CT molecular complexity index is 928. The maximum absolute atomic E-state index is 14.6. The van der Waals surface area contributed by atoms with Crippen LogP contribution in [0.1, 0.15) is 34.1 Å². The van der Waals surface area contributed by atoms with E-state index in [0.29, 0.717) is 25.4 Å². The maximum Gasteiger partial charge on any atom is 0.338 e. The van der Waals surface area contributed by atoms with Gasteiger partial charge in [-0.05, 0) is 43.7 Å². The molecule has 0 bridgehead atoms. The highest BCUT2D eigenvalue weighted by Crippen LogP contribution is 2.30. The number of ether oxygens (including phenoxy) is 4. The summed E-state index contributed by atoms with van der Waals surface area (Å²) in [6.45, 7) is 3.52. The lowest BCUT2D eigenvalue weighted by molar-refractivity contribution is 0.0597. The number of methoxy groups -OCH3 is 2. The van der Waals surface area contributed by atoms with E-state index >= 15 is 0 Å². The molecule has 0 radical (unpaired) electrons. The van der Waals surface area contributed by atoms with Crippen LogP contribution in [0.2, 0.25) is 0 Å². The lowest BCUT2D eigenvalue weighted by Crippen LogP contribution is -2.42. The molecule has 1 amide bonds. The highest BCUT2D eigenvalue weighted by Gasteiger charge is 2.22. The van der Waals surface area contributed by atoms with E-state index in [9.17, 15) is 14.0 Å². The molecule has 1 atom stereocenters. The number of nitrogens with zero attached hydrogens (tertiary/aromatic N) is 1. The van der Waals surface area contributed by atoms with Crippen LogP contribution in [0.25, 0.3) is 0 Å². The minimum absolute atomic E-state index is 0.0759. The first-order chi connectivity index (χ1) is 14.4. The summed E-state index contributed by atoms with van der Waals surface area (Å²) in [6.07, 6.45) is 0.679. The van der Waals surface area contributed by atoms with Gasteiger partial charge in [-0.1, -0.05) is 0 Å². The molecule has 1 saturated heterocycles. The number of rotatable bonds is 8. The zero-order valence-corrected chi connectivity index (χ0v) is 17.1. The highest BCUT2D eigenvalue weighted by molar-refractivity contribution is 5.94. The number of carbonyl (C=O) groups excluding carboxylic acids is 2. The van der Waals surface area contributed by atoms with Crippen molar-refractivity contribution in [3.05, 3.63) is 53.3 Å². The van der Waals surface area contributed by atoms with Crippen LogP contribution in [-0.4, -0.2) is 56.8 Å². The largest absolute Gasteiger partial charge is 0.488 e. The number of amides is 1. The highest BCUT2D eigenvalue weighted by atomic mass is 19.1. The molecule has 0 spiro atoms. The van der Waals surface area contributed by atoms with Gasteiger partial charge in [0.25, 0.3) is 5.91 Å². The van der Waals surface area contributed by atoms with Crippen molar-refractivity contribution >= 4 is 11.9 Å². The zero-order valence-electron chi connectivity index (χ0n) is 17.1. The normalized spacial score (nSPS) is 13.9. The molecule has 3 rings (SSSR count). The fraction of sp³-hybridized carbons (Fsp3) is 0.364. The third-order valence-electron chi connectivity index (χ3n) is 4.59. The quantitative estimate of drug-likeness (QED) is 0.611. The van der Waals surface area contributed by atoms with Crippen LogP contribution in [0.4, 0.5) is 4.39 Å².